The molecule has 0 atom stereocenters. The standard InChI is InChI=1S/C21H31N/c1-2-3-6-14-19-16-21(22)17-20(19)15-10-5-9-13-18-11-7-4-8-12-18/h4,7-8,11-12,17H,2-3,5-6,9-10,13-16,22H2,1H3. The average Bonchev–Trinajstić information content (AvgIpc) is 2.88. The Balaban J connectivity index is 1.68. The molecule has 1 heteroatoms. The number of aryl methyl sites for hydroxylation is 1. The molecule has 0 saturated carbocycles. The summed E-state index contributed by atoms with van der Waals surface area (Å²) in [4.78, 5) is 0. The Morgan fingerprint density at radius 2 is 1.59 bits per heavy atom. The first-order valence-corrected chi connectivity index (χ1v) is 9.00. The summed E-state index contributed by atoms with van der Waals surface area (Å²) in [5.74, 6) is 0. The number of rotatable bonds is 10. The van der Waals surface area contributed by atoms with E-state index in [2.05, 4.69) is 43.3 Å². The van der Waals surface area contributed by atoms with Crippen molar-refractivity contribution in [1.29, 1.82) is 0 Å². The van der Waals surface area contributed by atoms with Crippen LogP contribution in [0.15, 0.2) is 53.3 Å². The number of nitrogens with two attached hydrogens (primary N) is 1. The molecular formula is C21H31N. The molecule has 1 aliphatic rings. The molecule has 0 aromatic heterocycles. The van der Waals surface area contributed by atoms with Crippen molar-refractivity contribution in [3.63, 3.8) is 0 Å². The van der Waals surface area contributed by atoms with Crippen LogP contribution in [-0.4, -0.2) is 0 Å². The van der Waals surface area contributed by atoms with Crippen LogP contribution in [-0.2, 0) is 6.42 Å². The zero-order chi connectivity index (χ0) is 15.6. The van der Waals surface area contributed by atoms with Crippen LogP contribution in [0.25, 0.3) is 0 Å². The molecule has 0 spiro atoms. The molecule has 1 nitrogen and oxygen atoms in total. The van der Waals surface area contributed by atoms with Crippen molar-refractivity contribution in [1.82, 2.24) is 0 Å². The largest absolute Gasteiger partial charge is 0.402 e. The number of hydrogen-bond donors (Lipinski definition) is 1. The van der Waals surface area contributed by atoms with E-state index in [1.54, 1.807) is 11.1 Å². The smallest absolute Gasteiger partial charge is 0.0125 e. The van der Waals surface area contributed by atoms with E-state index in [1.807, 2.05) is 0 Å². The van der Waals surface area contributed by atoms with Crippen LogP contribution >= 0.6 is 0 Å². The first kappa shape index (κ1) is 16.9. The van der Waals surface area contributed by atoms with E-state index < -0.39 is 0 Å². The molecule has 0 amide bonds. The summed E-state index contributed by atoms with van der Waals surface area (Å²) in [6, 6.07) is 10.8. The summed E-state index contributed by atoms with van der Waals surface area (Å²) < 4.78 is 0. The summed E-state index contributed by atoms with van der Waals surface area (Å²) in [5.41, 5.74) is 11.8. The fourth-order valence-electron chi connectivity index (χ4n) is 3.29. The van der Waals surface area contributed by atoms with Crippen molar-refractivity contribution in [2.24, 2.45) is 5.73 Å². The topological polar surface area (TPSA) is 26.0 Å². The Labute approximate surface area is 136 Å². The minimum Gasteiger partial charge on any atom is -0.402 e. The van der Waals surface area contributed by atoms with Crippen molar-refractivity contribution in [2.45, 2.75) is 71.1 Å². The monoisotopic (exact) mass is 297 g/mol. The maximum Gasteiger partial charge on any atom is 0.0125 e. The van der Waals surface area contributed by atoms with Crippen LogP contribution in [0.5, 0.6) is 0 Å². The lowest BCUT2D eigenvalue weighted by Crippen LogP contribution is -1.93. The highest BCUT2D eigenvalue weighted by molar-refractivity contribution is 5.37. The highest BCUT2D eigenvalue weighted by Gasteiger charge is 2.13. The third kappa shape index (κ3) is 5.71. The first-order chi connectivity index (χ1) is 10.8. The van der Waals surface area contributed by atoms with Gasteiger partial charge in [-0.1, -0.05) is 62.1 Å². The van der Waals surface area contributed by atoms with E-state index in [0.29, 0.717) is 0 Å². The Bertz CT molecular complexity index is 496. The molecule has 0 saturated heterocycles. The van der Waals surface area contributed by atoms with E-state index in [0.717, 1.165) is 12.1 Å². The molecule has 0 unspecified atom stereocenters. The Kier molecular flexibility index (Phi) is 7.28. The molecule has 0 radical (unpaired) electrons. The van der Waals surface area contributed by atoms with Gasteiger partial charge in [-0.15, -0.1) is 0 Å². The molecule has 0 fully saturated rings. The fraction of sp³-hybridized carbons (Fsp3) is 0.524. The van der Waals surface area contributed by atoms with Gasteiger partial charge in [0.05, 0.1) is 0 Å². The second-order valence-electron chi connectivity index (χ2n) is 6.53. The van der Waals surface area contributed by atoms with Crippen LogP contribution < -0.4 is 5.73 Å². The summed E-state index contributed by atoms with van der Waals surface area (Å²) in [6.45, 7) is 2.27. The van der Waals surface area contributed by atoms with E-state index in [1.165, 1.54) is 63.4 Å². The first-order valence-electron chi connectivity index (χ1n) is 9.00. The van der Waals surface area contributed by atoms with Crippen molar-refractivity contribution in [3.05, 3.63) is 58.8 Å². The molecule has 0 bridgehead atoms. The molecule has 0 heterocycles. The molecule has 1 aromatic carbocycles. The summed E-state index contributed by atoms with van der Waals surface area (Å²) in [6.07, 6.45) is 14.8. The predicted molar refractivity (Wildman–Crippen MR) is 96.7 cm³/mol. The van der Waals surface area contributed by atoms with Gasteiger partial charge in [-0.3, -0.25) is 0 Å². The van der Waals surface area contributed by atoms with Crippen molar-refractivity contribution < 1.29 is 0 Å². The highest BCUT2D eigenvalue weighted by Crippen LogP contribution is 2.30. The van der Waals surface area contributed by atoms with Gasteiger partial charge in [0.15, 0.2) is 0 Å². The number of allylic oxidation sites excluding steroid dienone is 3. The Morgan fingerprint density at radius 1 is 0.864 bits per heavy atom. The normalized spacial score (nSPS) is 14.5. The van der Waals surface area contributed by atoms with Crippen molar-refractivity contribution in [3.8, 4) is 0 Å². The minimum absolute atomic E-state index is 1.03. The molecule has 2 N–H and O–H groups in total. The van der Waals surface area contributed by atoms with Crippen LogP contribution in [0.1, 0.15) is 70.3 Å². The SMILES string of the molecule is CCCCCC1=C(CCCCCc2ccccc2)C=C(N)C1. The summed E-state index contributed by atoms with van der Waals surface area (Å²) >= 11 is 0. The van der Waals surface area contributed by atoms with Crippen molar-refractivity contribution in [2.75, 3.05) is 0 Å². The lowest BCUT2D eigenvalue weighted by atomic mass is 9.98. The van der Waals surface area contributed by atoms with Gasteiger partial charge >= 0.3 is 0 Å². The zero-order valence-corrected chi connectivity index (χ0v) is 14.1. The minimum atomic E-state index is 1.03. The second kappa shape index (κ2) is 9.50. The van der Waals surface area contributed by atoms with Gasteiger partial charge in [0.2, 0.25) is 0 Å². The Hall–Kier alpha value is -1.50. The average molecular weight is 297 g/mol. The lowest BCUT2D eigenvalue weighted by Gasteiger charge is -2.07. The van der Waals surface area contributed by atoms with Crippen LogP contribution in [0.2, 0.25) is 0 Å². The highest BCUT2D eigenvalue weighted by atomic mass is 14.6. The summed E-state index contributed by atoms with van der Waals surface area (Å²) in [7, 11) is 0. The lowest BCUT2D eigenvalue weighted by molar-refractivity contribution is 0.669. The van der Waals surface area contributed by atoms with Gasteiger partial charge in [-0.05, 0) is 55.7 Å². The van der Waals surface area contributed by atoms with Gasteiger partial charge in [-0.2, -0.15) is 0 Å². The maximum atomic E-state index is 6.05. The fourth-order valence-corrected chi connectivity index (χ4v) is 3.29. The molecule has 0 aliphatic heterocycles. The van der Waals surface area contributed by atoms with E-state index in [9.17, 15) is 0 Å². The van der Waals surface area contributed by atoms with Crippen LogP contribution in [0.4, 0.5) is 0 Å². The summed E-state index contributed by atoms with van der Waals surface area (Å²) in [5, 5.41) is 0. The van der Waals surface area contributed by atoms with Crippen LogP contribution in [0.3, 0.4) is 0 Å². The molecule has 120 valence electrons. The van der Waals surface area contributed by atoms with Gasteiger partial charge in [-0.25, -0.2) is 0 Å². The zero-order valence-electron chi connectivity index (χ0n) is 14.1. The van der Waals surface area contributed by atoms with Gasteiger partial charge in [0.25, 0.3) is 0 Å². The molecule has 1 aromatic rings. The van der Waals surface area contributed by atoms with Crippen LogP contribution in [0, 0.1) is 0 Å². The van der Waals surface area contributed by atoms with Gasteiger partial charge in [0.1, 0.15) is 0 Å². The number of benzene rings is 1. The Morgan fingerprint density at radius 3 is 2.36 bits per heavy atom. The molecule has 2 rings (SSSR count). The van der Waals surface area contributed by atoms with E-state index in [4.69, 9.17) is 5.73 Å². The number of unbranched alkanes of at least 4 members (excludes halogenated alkanes) is 4. The third-order valence-electron chi connectivity index (χ3n) is 4.57. The molecular weight excluding hydrogens is 266 g/mol. The number of hydrogen-bond acceptors (Lipinski definition) is 1. The second-order valence-corrected chi connectivity index (χ2v) is 6.53. The van der Waals surface area contributed by atoms with Gasteiger partial charge in [0, 0.05) is 12.1 Å². The molecule has 1 aliphatic carbocycles. The molecule has 22 heavy (non-hydrogen) atoms. The quantitative estimate of drug-likeness (QED) is 0.533. The van der Waals surface area contributed by atoms with E-state index in [-0.39, 0.29) is 0 Å². The third-order valence-corrected chi connectivity index (χ3v) is 4.57. The van der Waals surface area contributed by atoms with E-state index >= 15 is 0 Å². The van der Waals surface area contributed by atoms with Crippen molar-refractivity contribution >= 4 is 0 Å². The van der Waals surface area contributed by atoms with Gasteiger partial charge < -0.3 is 5.73 Å². The maximum absolute atomic E-state index is 6.05. The predicted octanol–water partition coefficient (Wildman–Crippen LogP) is 5.91.